The van der Waals surface area contributed by atoms with Crippen LogP contribution in [0.5, 0.6) is 0 Å². The molecule has 210 valence electrons. The Kier molecular flexibility index (Phi) is 5.82. The molecular formula is C42H27N3. The molecule has 9 aromatic rings. The molecule has 0 saturated carbocycles. The second-order valence-electron chi connectivity index (χ2n) is 11.5. The van der Waals surface area contributed by atoms with Crippen molar-refractivity contribution in [3.05, 3.63) is 164 Å². The minimum atomic E-state index is 0.861. The second-order valence-corrected chi connectivity index (χ2v) is 11.5. The van der Waals surface area contributed by atoms with Crippen LogP contribution in [-0.2, 0) is 0 Å². The standard InChI is InChI=1S/C42H27N3/c1-3-12-28(13-4-1)32-24-33(29-14-5-2-6-15-29)26-34(25-32)31-22-23-40-36(27-31)41-42(44-38-20-10-9-19-37(38)43-41)45(40)39-21-11-17-30-16-7-8-18-35(30)39/h1-27H. The third kappa shape index (κ3) is 4.29. The minimum Gasteiger partial charge on any atom is -0.292 e. The van der Waals surface area contributed by atoms with E-state index in [1.54, 1.807) is 0 Å². The van der Waals surface area contributed by atoms with E-state index < -0.39 is 0 Å². The largest absolute Gasteiger partial charge is 0.292 e. The van der Waals surface area contributed by atoms with Gasteiger partial charge in [0, 0.05) is 10.8 Å². The van der Waals surface area contributed by atoms with Crippen LogP contribution in [-0.4, -0.2) is 14.5 Å². The van der Waals surface area contributed by atoms with Crippen LogP contribution in [0.4, 0.5) is 0 Å². The van der Waals surface area contributed by atoms with Crippen molar-refractivity contribution in [2.24, 2.45) is 0 Å². The molecule has 45 heavy (non-hydrogen) atoms. The Labute approximate surface area is 260 Å². The highest BCUT2D eigenvalue weighted by molar-refractivity contribution is 6.10. The lowest BCUT2D eigenvalue weighted by molar-refractivity contribution is 1.15. The fraction of sp³-hybridized carbons (Fsp3) is 0. The molecule has 0 aliphatic rings. The van der Waals surface area contributed by atoms with Gasteiger partial charge in [0.05, 0.1) is 22.2 Å². The van der Waals surface area contributed by atoms with Crippen molar-refractivity contribution in [3.8, 4) is 39.1 Å². The van der Waals surface area contributed by atoms with E-state index in [-0.39, 0.29) is 0 Å². The molecule has 0 aliphatic carbocycles. The predicted molar refractivity (Wildman–Crippen MR) is 188 cm³/mol. The van der Waals surface area contributed by atoms with E-state index in [2.05, 4.69) is 144 Å². The van der Waals surface area contributed by atoms with E-state index in [9.17, 15) is 0 Å². The smallest absolute Gasteiger partial charge is 0.165 e. The Morgan fingerprint density at radius 1 is 0.378 bits per heavy atom. The summed E-state index contributed by atoms with van der Waals surface area (Å²) in [6.45, 7) is 0. The van der Waals surface area contributed by atoms with Crippen LogP contribution < -0.4 is 0 Å². The van der Waals surface area contributed by atoms with Crippen molar-refractivity contribution < 1.29 is 0 Å². The molecule has 2 heterocycles. The molecule has 2 aromatic heterocycles. The summed E-state index contributed by atoms with van der Waals surface area (Å²) in [7, 11) is 0. The van der Waals surface area contributed by atoms with Crippen molar-refractivity contribution in [1.82, 2.24) is 14.5 Å². The predicted octanol–water partition coefficient (Wildman–Crippen LogP) is 10.9. The molecule has 0 spiro atoms. The quantitative estimate of drug-likeness (QED) is 0.210. The lowest BCUT2D eigenvalue weighted by Gasteiger charge is -2.13. The summed E-state index contributed by atoms with van der Waals surface area (Å²) < 4.78 is 2.28. The summed E-state index contributed by atoms with van der Waals surface area (Å²) in [6.07, 6.45) is 0. The summed E-state index contributed by atoms with van der Waals surface area (Å²) >= 11 is 0. The molecule has 0 N–H and O–H groups in total. The first kappa shape index (κ1) is 25.4. The Bertz CT molecular complexity index is 2470. The fourth-order valence-corrected chi connectivity index (χ4v) is 6.58. The summed E-state index contributed by atoms with van der Waals surface area (Å²) in [4.78, 5) is 10.4. The Morgan fingerprint density at radius 2 is 0.956 bits per heavy atom. The van der Waals surface area contributed by atoms with Gasteiger partial charge in [0.2, 0.25) is 0 Å². The molecule has 3 heteroatoms. The number of fused-ring (bicyclic) bond motifs is 5. The summed E-state index contributed by atoms with van der Waals surface area (Å²) in [5.41, 5.74) is 12.8. The molecule has 0 aliphatic heterocycles. The third-order valence-corrected chi connectivity index (χ3v) is 8.74. The van der Waals surface area contributed by atoms with E-state index >= 15 is 0 Å². The SMILES string of the molecule is c1ccc(-c2cc(-c3ccccc3)cc(-c3ccc4c(c3)c3nc5ccccc5nc3n4-c3cccc4ccccc34)c2)cc1. The molecule has 0 atom stereocenters. The van der Waals surface area contributed by atoms with Crippen LogP contribution in [0.3, 0.4) is 0 Å². The summed E-state index contributed by atoms with van der Waals surface area (Å²) in [5.74, 6) is 0. The van der Waals surface area contributed by atoms with Gasteiger partial charge in [-0.15, -0.1) is 0 Å². The van der Waals surface area contributed by atoms with Gasteiger partial charge in [-0.1, -0.05) is 115 Å². The van der Waals surface area contributed by atoms with Crippen LogP contribution in [0, 0.1) is 0 Å². The van der Waals surface area contributed by atoms with Crippen molar-refractivity contribution in [2.45, 2.75) is 0 Å². The molecule has 3 nitrogen and oxygen atoms in total. The highest BCUT2D eigenvalue weighted by atomic mass is 15.1. The Morgan fingerprint density at radius 3 is 1.67 bits per heavy atom. The first-order valence-corrected chi connectivity index (χ1v) is 15.3. The van der Waals surface area contributed by atoms with Crippen molar-refractivity contribution >= 4 is 43.9 Å². The topological polar surface area (TPSA) is 30.7 Å². The maximum absolute atomic E-state index is 5.21. The maximum Gasteiger partial charge on any atom is 0.165 e. The molecule has 0 bridgehead atoms. The van der Waals surface area contributed by atoms with Crippen molar-refractivity contribution in [2.75, 3.05) is 0 Å². The van der Waals surface area contributed by atoms with E-state index in [1.807, 2.05) is 24.3 Å². The first-order valence-electron chi connectivity index (χ1n) is 15.3. The average molecular weight is 574 g/mol. The van der Waals surface area contributed by atoms with Gasteiger partial charge in [-0.2, -0.15) is 0 Å². The summed E-state index contributed by atoms with van der Waals surface area (Å²) in [6, 6.07) is 58.0. The number of aromatic nitrogens is 3. The highest BCUT2D eigenvalue weighted by Crippen LogP contribution is 2.38. The number of rotatable bonds is 4. The van der Waals surface area contributed by atoms with Gasteiger partial charge in [0.15, 0.2) is 5.65 Å². The Hall–Kier alpha value is -6.06. The van der Waals surface area contributed by atoms with Crippen LogP contribution in [0.25, 0.3) is 82.9 Å². The van der Waals surface area contributed by atoms with Crippen LogP contribution in [0.1, 0.15) is 0 Å². The van der Waals surface area contributed by atoms with Gasteiger partial charge in [0.1, 0.15) is 5.52 Å². The molecule has 0 fully saturated rings. The zero-order chi connectivity index (χ0) is 29.7. The maximum atomic E-state index is 5.21. The Balaban J connectivity index is 1.33. The first-order chi connectivity index (χ1) is 22.3. The van der Waals surface area contributed by atoms with E-state index in [0.29, 0.717) is 0 Å². The van der Waals surface area contributed by atoms with Gasteiger partial charge in [0.25, 0.3) is 0 Å². The molecule has 0 radical (unpaired) electrons. The molecule has 0 amide bonds. The van der Waals surface area contributed by atoms with Crippen LogP contribution >= 0.6 is 0 Å². The number of hydrogen-bond donors (Lipinski definition) is 0. The number of benzene rings is 7. The highest BCUT2D eigenvalue weighted by Gasteiger charge is 2.19. The lowest BCUT2D eigenvalue weighted by atomic mass is 9.93. The van der Waals surface area contributed by atoms with Gasteiger partial charge in [-0.3, -0.25) is 4.57 Å². The number of para-hydroxylation sites is 2. The minimum absolute atomic E-state index is 0.861. The van der Waals surface area contributed by atoms with Crippen LogP contribution in [0.15, 0.2) is 164 Å². The van der Waals surface area contributed by atoms with Gasteiger partial charge in [-0.05, 0) is 87.3 Å². The van der Waals surface area contributed by atoms with E-state index in [4.69, 9.17) is 9.97 Å². The molecule has 9 rings (SSSR count). The zero-order valence-electron chi connectivity index (χ0n) is 24.4. The third-order valence-electron chi connectivity index (χ3n) is 8.74. The van der Waals surface area contributed by atoms with Crippen molar-refractivity contribution in [3.63, 3.8) is 0 Å². The zero-order valence-corrected chi connectivity index (χ0v) is 24.4. The number of nitrogens with zero attached hydrogens (tertiary/aromatic N) is 3. The van der Waals surface area contributed by atoms with E-state index in [1.165, 1.54) is 33.0 Å². The van der Waals surface area contributed by atoms with Gasteiger partial charge < -0.3 is 0 Å². The second kappa shape index (κ2) is 10.3. The monoisotopic (exact) mass is 573 g/mol. The van der Waals surface area contributed by atoms with Gasteiger partial charge >= 0.3 is 0 Å². The van der Waals surface area contributed by atoms with Crippen molar-refractivity contribution in [1.29, 1.82) is 0 Å². The number of hydrogen-bond acceptors (Lipinski definition) is 2. The molecule has 0 unspecified atom stereocenters. The average Bonchev–Trinajstić information content (AvgIpc) is 3.43. The molecule has 0 saturated heterocycles. The van der Waals surface area contributed by atoms with Crippen LogP contribution in [0.2, 0.25) is 0 Å². The fourth-order valence-electron chi connectivity index (χ4n) is 6.58. The molecular weight excluding hydrogens is 546 g/mol. The summed E-state index contributed by atoms with van der Waals surface area (Å²) in [5, 5.41) is 3.46. The lowest BCUT2D eigenvalue weighted by Crippen LogP contribution is -1.97. The van der Waals surface area contributed by atoms with E-state index in [0.717, 1.165) is 49.9 Å². The van der Waals surface area contributed by atoms with Gasteiger partial charge in [-0.25, -0.2) is 9.97 Å². The normalized spacial score (nSPS) is 11.6. The molecule has 7 aromatic carbocycles.